The minimum Gasteiger partial charge on any atom is -0.497 e. The molecule has 11 heteroatoms. The third-order valence-electron chi connectivity index (χ3n) is 3.19. The highest BCUT2D eigenvalue weighted by Crippen LogP contribution is 2.15. The highest BCUT2D eigenvalue weighted by atomic mass is 32.2. The zero-order valence-corrected chi connectivity index (χ0v) is 16.1. The van der Waals surface area contributed by atoms with Gasteiger partial charge in [0.25, 0.3) is 5.91 Å². The number of esters is 1. The molecule has 0 aliphatic rings. The van der Waals surface area contributed by atoms with E-state index in [1.165, 1.54) is 38.3 Å². The quantitative estimate of drug-likeness (QED) is 0.500. The van der Waals surface area contributed by atoms with E-state index in [0.29, 0.717) is 18.7 Å². The number of methoxy groups -OCH3 is 1. The molecule has 1 atom stereocenters. The van der Waals surface area contributed by atoms with Gasteiger partial charge in [-0.15, -0.1) is 0 Å². The smallest absolute Gasteiger partial charge is 0.324 e. The summed E-state index contributed by atoms with van der Waals surface area (Å²) in [5.74, 6) is -1.31. The van der Waals surface area contributed by atoms with Gasteiger partial charge in [-0.25, -0.2) is 13.2 Å². The Labute approximate surface area is 157 Å². The molecular formula is C16H23N3O7S. The maximum atomic E-state index is 12.2. The van der Waals surface area contributed by atoms with Gasteiger partial charge in [0.15, 0.2) is 6.61 Å². The van der Waals surface area contributed by atoms with Gasteiger partial charge in [-0.05, 0) is 37.6 Å². The molecule has 0 heterocycles. The van der Waals surface area contributed by atoms with E-state index in [4.69, 9.17) is 9.47 Å². The molecule has 150 valence electrons. The van der Waals surface area contributed by atoms with Crippen molar-refractivity contribution in [1.29, 1.82) is 0 Å². The predicted molar refractivity (Wildman–Crippen MR) is 95.6 cm³/mol. The molecule has 1 rings (SSSR count). The Balaban J connectivity index is 2.53. The molecule has 0 spiro atoms. The average Bonchev–Trinajstić information content (AvgIpc) is 2.64. The zero-order chi connectivity index (χ0) is 20.4. The summed E-state index contributed by atoms with van der Waals surface area (Å²) < 4.78 is 36.3. The molecule has 0 saturated heterocycles. The first kappa shape index (κ1) is 22.4. The molecule has 0 saturated carbocycles. The third-order valence-corrected chi connectivity index (χ3v) is 4.75. The Morgan fingerprint density at radius 1 is 1.15 bits per heavy atom. The van der Waals surface area contributed by atoms with Crippen LogP contribution in [0.15, 0.2) is 29.2 Å². The maximum Gasteiger partial charge on any atom is 0.324 e. The molecule has 3 amide bonds. The Bertz CT molecular complexity index is 763. The lowest BCUT2D eigenvalue weighted by atomic mass is 10.3. The minimum atomic E-state index is -3.97. The number of benzene rings is 1. The molecule has 3 N–H and O–H groups in total. The molecule has 0 radical (unpaired) electrons. The van der Waals surface area contributed by atoms with Crippen molar-refractivity contribution in [2.24, 2.45) is 0 Å². The number of carbonyl (C=O) groups is 3. The lowest BCUT2D eigenvalue weighted by Gasteiger charge is -2.14. The SMILES string of the molecule is CCCNC(=O)NC(=O)COC(=O)C(C)NS(=O)(=O)c1ccc(OC)cc1. The van der Waals surface area contributed by atoms with Crippen molar-refractivity contribution in [2.45, 2.75) is 31.2 Å². The first-order valence-electron chi connectivity index (χ1n) is 8.10. The van der Waals surface area contributed by atoms with Crippen molar-refractivity contribution < 1.29 is 32.3 Å². The minimum absolute atomic E-state index is 0.0618. The van der Waals surface area contributed by atoms with Gasteiger partial charge in [-0.3, -0.25) is 14.9 Å². The number of imide groups is 1. The summed E-state index contributed by atoms with van der Waals surface area (Å²) in [5.41, 5.74) is 0. The van der Waals surface area contributed by atoms with Gasteiger partial charge in [-0.1, -0.05) is 6.92 Å². The first-order chi connectivity index (χ1) is 12.7. The summed E-state index contributed by atoms with van der Waals surface area (Å²) in [5, 5.41) is 4.40. The molecule has 1 unspecified atom stereocenters. The van der Waals surface area contributed by atoms with E-state index < -0.39 is 40.6 Å². The summed E-state index contributed by atoms with van der Waals surface area (Å²) >= 11 is 0. The van der Waals surface area contributed by atoms with Gasteiger partial charge in [0, 0.05) is 6.54 Å². The molecule has 1 aromatic carbocycles. The average molecular weight is 401 g/mol. The number of nitrogens with one attached hydrogen (secondary N) is 3. The maximum absolute atomic E-state index is 12.2. The number of hydrogen-bond donors (Lipinski definition) is 3. The number of ether oxygens (including phenoxy) is 2. The monoisotopic (exact) mass is 401 g/mol. The second kappa shape index (κ2) is 10.5. The summed E-state index contributed by atoms with van der Waals surface area (Å²) in [6.07, 6.45) is 0.697. The molecule has 0 bridgehead atoms. The van der Waals surface area contributed by atoms with Crippen molar-refractivity contribution in [3.8, 4) is 5.75 Å². The van der Waals surface area contributed by atoms with Crippen LogP contribution in [0.2, 0.25) is 0 Å². The normalized spacial score (nSPS) is 12.0. The van der Waals surface area contributed by atoms with E-state index in [-0.39, 0.29) is 4.90 Å². The largest absolute Gasteiger partial charge is 0.497 e. The fourth-order valence-corrected chi connectivity index (χ4v) is 3.00. The van der Waals surface area contributed by atoms with Gasteiger partial charge in [0.1, 0.15) is 11.8 Å². The number of urea groups is 1. The summed E-state index contributed by atoms with van der Waals surface area (Å²) in [6.45, 7) is 2.80. The van der Waals surface area contributed by atoms with Crippen molar-refractivity contribution in [2.75, 3.05) is 20.3 Å². The summed E-state index contributed by atoms with van der Waals surface area (Å²) in [7, 11) is -2.52. The van der Waals surface area contributed by atoms with E-state index in [1.54, 1.807) is 0 Å². The number of rotatable bonds is 9. The fraction of sp³-hybridized carbons (Fsp3) is 0.438. The van der Waals surface area contributed by atoms with Crippen LogP contribution in [0.5, 0.6) is 5.75 Å². The van der Waals surface area contributed by atoms with Crippen molar-refractivity contribution >= 4 is 27.9 Å². The number of amides is 3. The number of carbonyl (C=O) groups excluding carboxylic acids is 3. The van der Waals surface area contributed by atoms with Gasteiger partial charge in [0.05, 0.1) is 12.0 Å². The fourth-order valence-electron chi connectivity index (χ4n) is 1.81. The van der Waals surface area contributed by atoms with Crippen LogP contribution < -0.4 is 20.1 Å². The van der Waals surface area contributed by atoms with Crippen LogP contribution in [0.1, 0.15) is 20.3 Å². The van der Waals surface area contributed by atoms with Crippen LogP contribution in [-0.4, -0.2) is 52.6 Å². The van der Waals surface area contributed by atoms with Gasteiger partial charge in [-0.2, -0.15) is 4.72 Å². The van der Waals surface area contributed by atoms with Crippen molar-refractivity contribution in [1.82, 2.24) is 15.4 Å². The Kier molecular flexibility index (Phi) is 8.69. The summed E-state index contributed by atoms with van der Waals surface area (Å²) in [4.78, 5) is 34.6. The number of hydrogen-bond acceptors (Lipinski definition) is 7. The first-order valence-corrected chi connectivity index (χ1v) is 9.58. The second-order valence-corrected chi connectivity index (χ2v) is 7.14. The molecule has 0 aliphatic heterocycles. The Morgan fingerprint density at radius 3 is 2.33 bits per heavy atom. The van der Waals surface area contributed by atoms with Crippen LogP contribution in [0.3, 0.4) is 0 Å². The Hall–Kier alpha value is -2.66. The van der Waals surface area contributed by atoms with Crippen molar-refractivity contribution in [3.05, 3.63) is 24.3 Å². The highest BCUT2D eigenvalue weighted by Gasteiger charge is 2.24. The van der Waals surface area contributed by atoms with Crippen molar-refractivity contribution in [3.63, 3.8) is 0 Å². The van der Waals surface area contributed by atoms with Crippen LogP contribution in [0, 0.1) is 0 Å². The summed E-state index contributed by atoms with van der Waals surface area (Å²) in [6, 6.07) is 3.63. The van der Waals surface area contributed by atoms with Crippen LogP contribution >= 0.6 is 0 Å². The molecule has 1 aromatic rings. The van der Waals surface area contributed by atoms with Crippen LogP contribution in [-0.2, 0) is 24.3 Å². The van der Waals surface area contributed by atoms with E-state index in [2.05, 4.69) is 10.0 Å². The predicted octanol–water partition coefficient (Wildman–Crippen LogP) is 0.141. The lowest BCUT2D eigenvalue weighted by molar-refractivity contribution is -0.149. The lowest BCUT2D eigenvalue weighted by Crippen LogP contribution is -2.43. The number of sulfonamides is 1. The van der Waals surface area contributed by atoms with E-state index >= 15 is 0 Å². The zero-order valence-electron chi connectivity index (χ0n) is 15.3. The molecule has 0 aliphatic carbocycles. The second-order valence-electron chi connectivity index (χ2n) is 5.43. The van der Waals surface area contributed by atoms with E-state index in [1.807, 2.05) is 12.2 Å². The third kappa shape index (κ3) is 7.62. The standard InChI is InChI=1S/C16H23N3O7S/c1-4-9-17-16(22)18-14(20)10-26-15(21)11(2)19-27(23,24)13-7-5-12(25-3)6-8-13/h5-8,11,19H,4,9-10H2,1-3H3,(H2,17,18,20,22). The topological polar surface area (TPSA) is 140 Å². The van der Waals surface area contributed by atoms with Gasteiger partial charge < -0.3 is 14.8 Å². The van der Waals surface area contributed by atoms with E-state index in [9.17, 15) is 22.8 Å². The molecule has 0 fully saturated rings. The van der Waals surface area contributed by atoms with Crippen LogP contribution in [0.4, 0.5) is 4.79 Å². The van der Waals surface area contributed by atoms with Crippen LogP contribution in [0.25, 0.3) is 0 Å². The molecular weight excluding hydrogens is 378 g/mol. The Morgan fingerprint density at radius 2 is 1.78 bits per heavy atom. The molecule has 10 nitrogen and oxygen atoms in total. The van der Waals surface area contributed by atoms with Gasteiger partial charge in [0.2, 0.25) is 10.0 Å². The van der Waals surface area contributed by atoms with Gasteiger partial charge >= 0.3 is 12.0 Å². The highest BCUT2D eigenvalue weighted by molar-refractivity contribution is 7.89. The van der Waals surface area contributed by atoms with E-state index in [0.717, 1.165) is 0 Å². The molecule has 0 aromatic heterocycles. The molecule has 27 heavy (non-hydrogen) atoms.